The molecule has 0 amide bonds. The normalized spacial score (nSPS) is 12.6. The molecular formula is C93H82N3O19SSi+. The van der Waals surface area contributed by atoms with Crippen molar-refractivity contribution in [3.8, 4) is 56.4 Å². The van der Waals surface area contributed by atoms with Crippen molar-refractivity contribution in [2.75, 3.05) is 46.2 Å². The van der Waals surface area contributed by atoms with Gasteiger partial charge in [0.05, 0.1) is 27.7 Å². The van der Waals surface area contributed by atoms with Gasteiger partial charge in [-0.25, -0.2) is 32.0 Å². The second kappa shape index (κ2) is 37.5. The summed E-state index contributed by atoms with van der Waals surface area (Å²) in [5, 5.41) is 53.8. The Morgan fingerprint density at radius 2 is 1.01 bits per heavy atom. The number of carbonyl (C=O) groups excluding carboxylic acids is 5. The van der Waals surface area contributed by atoms with E-state index in [-0.39, 0.29) is 64.0 Å². The maximum atomic E-state index is 12.1. The number of ketones is 1. The summed E-state index contributed by atoms with van der Waals surface area (Å²) in [6.45, 7) is 12.9. The van der Waals surface area contributed by atoms with Gasteiger partial charge in [-0.1, -0.05) is 136 Å². The standard InChI is InChI=1S/C26H28N2O2Si.C25H23NO3.C20H12O5.C19H14O5S.2CO2.CH4/c1-27(2)17-11-13-21-23(15-17)31(5,6)24-16-18(28(3)4)12-14-22(24)25(21)19-9-7-8-10-20(19)26(29)30;1-4-26(5-2)17-11-13-21-23(15-17)29-22-14-16(3)10-12-20(22)24(21)18-8-6-7-9-19(18)25(27)28;21-11-5-7-15-17(9-11)25-18-10-12(22)6-8-16(18)19(15)13-3-1-2-4-14(13)20(23)24;20-15-9-5-13(6-10-15)19(14-7-11-16(21)12-8-14)17-3-1-2-4-18(17)25(22,23)24;2*2-1-3;/h7-16H,1-6H3;6-15H,4-5H2,1-3H3;1-10,21H,(H,23,24);1-12,20H,(H,22,23,24);;;1H4/p+1. The van der Waals surface area contributed by atoms with E-state index in [0.717, 1.165) is 85.5 Å². The number of nitrogens with zero attached hydrogens (tertiary/aromatic N) is 3. The average Bonchev–Trinajstić information content (AvgIpc) is 0.722. The highest BCUT2D eigenvalue weighted by Crippen LogP contribution is 2.46. The smallest absolute Gasteiger partial charge is 0.373 e. The number of phenols is 2. The van der Waals surface area contributed by atoms with Crippen molar-refractivity contribution >= 4 is 104 Å². The van der Waals surface area contributed by atoms with Crippen LogP contribution in [0.1, 0.15) is 80.2 Å². The van der Waals surface area contributed by atoms with Crippen molar-refractivity contribution in [1.82, 2.24) is 4.58 Å². The number of aryl methyl sites for hydroxylation is 1. The van der Waals surface area contributed by atoms with Crippen molar-refractivity contribution < 1.29 is 90.3 Å². The van der Waals surface area contributed by atoms with Crippen molar-refractivity contribution in [3.63, 3.8) is 0 Å². The van der Waals surface area contributed by atoms with Crippen LogP contribution in [0.15, 0.2) is 290 Å². The summed E-state index contributed by atoms with van der Waals surface area (Å²) in [4.78, 5) is 93.0. The Morgan fingerprint density at radius 3 is 1.54 bits per heavy atom. The molecule has 3 aliphatic heterocycles. The summed E-state index contributed by atoms with van der Waals surface area (Å²) >= 11 is 0. The van der Waals surface area contributed by atoms with E-state index >= 15 is 0 Å². The molecule has 0 saturated carbocycles. The third kappa shape index (κ3) is 19.1. The second-order valence-electron chi connectivity index (χ2n) is 27.5. The van der Waals surface area contributed by atoms with Gasteiger partial charge in [-0.15, -0.1) is 0 Å². The number of aromatic hydroxyl groups is 2. The van der Waals surface area contributed by atoms with Crippen LogP contribution >= 0.6 is 0 Å². The molecule has 8 aromatic rings. The summed E-state index contributed by atoms with van der Waals surface area (Å²) in [5.74, 6) is -1.90. The van der Waals surface area contributed by atoms with E-state index in [9.17, 15) is 62.5 Å². The highest BCUT2D eigenvalue weighted by atomic mass is 32.2. The zero-order valence-electron chi connectivity index (χ0n) is 64.4. The van der Waals surface area contributed by atoms with Crippen molar-refractivity contribution in [3.05, 3.63) is 331 Å². The summed E-state index contributed by atoms with van der Waals surface area (Å²) < 4.78 is 51.5. The molecule has 0 saturated heterocycles. The lowest BCUT2D eigenvalue weighted by Crippen LogP contribution is -2.49. The number of carbonyl (C=O) groups is 4. The fourth-order valence-corrected chi connectivity index (χ4v) is 17.9. The number of phenolic OH excluding ortho intramolecular Hbond substituents is 2. The van der Waals surface area contributed by atoms with Crippen LogP contribution in [-0.4, -0.2) is 134 Å². The predicted molar refractivity (Wildman–Crippen MR) is 450 cm³/mol. The number of hydrogen-bond donors (Lipinski definition) is 5. The van der Waals surface area contributed by atoms with Gasteiger partial charge >= 0.3 is 30.2 Å². The number of benzene rings is 10. The molecule has 0 radical (unpaired) electrons. The Labute approximate surface area is 674 Å². The molecule has 22 nitrogen and oxygen atoms in total. The van der Waals surface area contributed by atoms with Crippen molar-refractivity contribution in [2.45, 2.75) is 46.2 Å². The predicted octanol–water partition coefficient (Wildman–Crippen LogP) is 15.2. The van der Waals surface area contributed by atoms with Gasteiger partial charge in [-0.05, 0) is 190 Å². The summed E-state index contributed by atoms with van der Waals surface area (Å²) in [6, 6.07) is 61.1. The van der Waals surface area contributed by atoms with E-state index in [1.807, 2.05) is 55.5 Å². The fourth-order valence-electron chi connectivity index (χ4n) is 14.2. The van der Waals surface area contributed by atoms with Gasteiger partial charge in [-0.3, -0.25) is 9.59 Å². The number of carboxylic acids is 3. The minimum atomic E-state index is -4.69. The van der Waals surface area contributed by atoms with E-state index in [2.05, 4.69) is 118 Å². The first-order valence-electron chi connectivity index (χ1n) is 36.1. The monoisotopic (exact) mass is 1600 g/mol. The minimum absolute atomic E-state index is 0. The van der Waals surface area contributed by atoms with Crippen molar-refractivity contribution in [2.24, 2.45) is 0 Å². The molecule has 7 aliphatic rings. The van der Waals surface area contributed by atoms with Gasteiger partial charge in [-0.2, -0.15) is 19.2 Å². The molecule has 0 fully saturated rings. The molecule has 0 bridgehead atoms. The number of aromatic carboxylic acids is 3. The third-order valence-electron chi connectivity index (χ3n) is 19.6. The number of rotatable bonds is 12. The van der Waals surface area contributed by atoms with Crippen LogP contribution in [0.5, 0.6) is 11.5 Å². The van der Waals surface area contributed by atoms with Gasteiger partial charge in [0.2, 0.25) is 5.36 Å². The van der Waals surface area contributed by atoms with Gasteiger partial charge in [0.15, 0.2) is 16.9 Å². The zero-order valence-corrected chi connectivity index (χ0v) is 66.2. The van der Waals surface area contributed by atoms with Gasteiger partial charge in [0.1, 0.15) is 79.6 Å². The fraction of sp³-hybridized carbons (Fsp3) is 0.129. The molecule has 24 heteroatoms. The number of carboxylic acid groups (broad SMARTS) is 3. The lowest BCUT2D eigenvalue weighted by atomic mass is 9.87. The van der Waals surface area contributed by atoms with Crippen LogP contribution in [0.2, 0.25) is 13.1 Å². The number of anilines is 1. The highest BCUT2D eigenvalue weighted by Gasteiger charge is 2.41. The highest BCUT2D eigenvalue weighted by molar-refractivity contribution is 7.85. The topological polar surface area (TPSA) is 348 Å². The molecule has 15 rings (SSSR count). The molecule has 117 heavy (non-hydrogen) atoms. The van der Waals surface area contributed by atoms with E-state index < -0.39 is 36.1 Å². The van der Waals surface area contributed by atoms with E-state index in [0.29, 0.717) is 61.3 Å². The first-order chi connectivity index (χ1) is 55.4. The molecule has 3 heterocycles. The van der Waals surface area contributed by atoms with E-state index in [1.54, 1.807) is 84.9 Å². The number of allylic oxidation sites excluding steroid dienone is 10. The molecular weight excluding hydrogens is 1520 g/mol. The van der Waals surface area contributed by atoms with Crippen molar-refractivity contribution in [1.29, 1.82) is 0 Å². The quantitative estimate of drug-likeness (QED) is 0.0328. The lowest BCUT2D eigenvalue weighted by molar-refractivity contribution is -0.462. The third-order valence-corrected chi connectivity index (χ3v) is 24.0. The van der Waals surface area contributed by atoms with Crippen LogP contribution in [0.4, 0.5) is 5.69 Å². The zero-order chi connectivity index (χ0) is 84.0. The van der Waals surface area contributed by atoms with E-state index in [1.165, 1.54) is 83.2 Å². The molecule has 5 N–H and O–H groups in total. The van der Waals surface area contributed by atoms with Crippen LogP contribution < -0.4 is 25.4 Å². The number of fused-ring (bicyclic) bond motifs is 6. The maximum absolute atomic E-state index is 12.1. The molecule has 0 spiro atoms. The first kappa shape index (κ1) is 86.6. The largest absolute Gasteiger partial charge is 0.744 e. The molecule has 0 aromatic heterocycles. The first-order valence-corrected chi connectivity index (χ1v) is 40.5. The molecule has 4 aliphatic carbocycles. The van der Waals surface area contributed by atoms with E-state index in [4.69, 9.17) is 28.0 Å². The van der Waals surface area contributed by atoms with Crippen LogP contribution in [-0.2, 0) is 34.1 Å². The van der Waals surface area contributed by atoms with Crippen LogP contribution in [0, 0.1) is 6.92 Å². The van der Waals surface area contributed by atoms with Gasteiger partial charge in [0, 0.05) is 88.7 Å². The number of hydrogen-bond acceptors (Lipinski definition) is 17. The summed E-state index contributed by atoms with van der Waals surface area (Å²) in [6.07, 6.45) is 13.0. The van der Waals surface area contributed by atoms with Crippen LogP contribution in [0.25, 0.3) is 78.0 Å². The van der Waals surface area contributed by atoms with Gasteiger partial charge < -0.3 is 43.8 Å². The molecule has 0 unspecified atom stereocenters. The molecule has 592 valence electrons. The lowest BCUT2D eigenvalue weighted by Gasteiger charge is -2.38. The SMILES string of the molecule is C.CC[N+](CC)=c1ccc2c(-c3ccccc3C(=O)O)c3ccc(C)cc3oc-2c1.CN(C)c1ccc2c(c1)[Si](C)(C)C1=CC(=[N+](C)C)C=CC1=C2c1ccccc1C(=O)O.O=C(O)c1ccccc1-c1c2ccc(=O)cc-2oc2cc(O)ccc12.O=C1C=CC(=C(c2ccc(O)cc2)c2ccccc2S(=O)(=O)[O-])C=C1.O=C=O.O=C=O. The Kier molecular flexibility index (Phi) is 27.8. The average molecular weight is 1610 g/mol. The summed E-state index contributed by atoms with van der Waals surface area (Å²) in [5.41, 5.74) is 15.4. The Hall–Kier alpha value is -14.4. The van der Waals surface area contributed by atoms with Gasteiger partial charge in [0.25, 0.3) is 0 Å². The Morgan fingerprint density at radius 1 is 0.530 bits per heavy atom. The molecule has 0 atom stereocenters. The summed E-state index contributed by atoms with van der Waals surface area (Å²) in [7, 11) is 1.51. The minimum Gasteiger partial charge on any atom is -0.744 e. The molecule has 8 aromatic carbocycles. The second-order valence-corrected chi connectivity index (χ2v) is 33.2. The van der Waals surface area contributed by atoms with Crippen LogP contribution in [0.3, 0.4) is 0 Å². The Bertz CT molecular complexity index is 6380. The maximum Gasteiger partial charge on any atom is 0.373 e. The Balaban J connectivity index is 0.000000174.